The zero-order chi connectivity index (χ0) is 16.9. The van der Waals surface area contributed by atoms with Crippen molar-refractivity contribution in [1.29, 1.82) is 0 Å². The molecule has 0 amide bonds. The van der Waals surface area contributed by atoms with E-state index in [1.807, 2.05) is 0 Å². The number of unbranched alkanes of at least 4 members (excludes halogenated alkanes) is 8. The molecule has 0 radical (unpaired) electrons. The third-order valence-electron chi connectivity index (χ3n) is 3.97. The number of methoxy groups -OCH3 is 1. The van der Waals surface area contributed by atoms with Gasteiger partial charge in [-0.2, -0.15) is 4.21 Å². The lowest BCUT2D eigenvalue weighted by molar-refractivity contribution is -0.134. The number of hydrogen-bond acceptors (Lipinski definition) is 5. The second kappa shape index (κ2) is 12.7. The molecule has 5 nitrogen and oxygen atoms in total. The molecule has 1 unspecified atom stereocenters. The first kappa shape index (κ1) is 20.3. The van der Waals surface area contributed by atoms with Gasteiger partial charge in [-0.15, -0.1) is 0 Å². The zero-order valence-electron chi connectivity index (χ0n) is 14.3. The summed E-state index contributed by atoms with van der Waals surface area (Å²) in [5, 5.41) is 0. The predicted molar refractivity (Wildman–Crippen MR) is 90.9 cm³/mol. The minimum absolute atomic E-state index is 0.249. The highest BCUT2D eigenvalue weighted by atomic mass is 32.2. The molecular formula is C17H30O5S. The van der Waals surface area contributed by atoms with Gasteiger partial charge in [0.1, 0.15) is 12.2 Å². The van der Waals surface area contributed by atoms with E-state index in [0.29, 0.717) is 0 Å². The summed E-state index contributed by atoms with van der Waals surface area (Å²) in [6, 6.07) is 0. The van der Waals surface area contributed by atoms with E-state index in [-0.39, 0.29) is 6.10 Å². The quantitative estimate of drug-likeness (QED) is 0.304. The van der Waals surface area contributed by atoms with Gasteiger partial charge >= 0.3 is 17.3 Å². The van der Waals surface area contributed by atoms with Gasteiger partial charge in [0, 0.05) is 6.08 Å². The first-order chi connectivity index (χ1) is 11.2. The second-order valence-electron chi connectivity index (χ2n) is 5.90. The number of carbonyl (C=O) groups is 1. The van der Waals surface area contributed by atoms with Crippen LogP contribution in [0.25, 0.3) is 0 Å². The molecule has 0 spiro atoms. The normalized spacial score (nSPS) is 24.3. The van der Waals surface area contributed by atoms with Crippen LogP contribution in [0.2, 0.25) is 0 Å². The van der Waals surface area contributed by atoms with Crippen molar-refractivity contribution in [2.75, 3.05) is 7.11 Å². The summed E-state index contributed by atoms with van der Waals surface area (Å²) in [5.41, 5.74) is 0. The SMILES string of the molecule is CCCCCCCCCCC[C@@H]1OS(=O)O[C@H]1/C=C/C(=O)OC. The van der Waals surface area contributed by atoms with Gasteiger partial charge < -0.3 is 4.74 Å². The number of rotatable bonds is 12. The van der Waals surface area contributed by atoms with Crippen LogP contribution in [0.15, 0.2) is 12.2 Å². The molecule has 0 bridgehead atoms. The minimum atomic E-state index is -1.72. The van der Waals surface area contributed by atoms with Crippen LogP contribution in [0.5, 0.6) is 0 Å². The zero-order valence-corrected chi connectivity index (χ0v) is 15.1. The highest BCUT2D eigenvalue weighted by Crippen LogP contribution is 2.24. The van der Waals surface area contributed by atoms with Gasteiger partial charge in [-0.05, 0) is 12.5 Å². The van der Waals surface area contributed by atoms with Gasteiger partial charge in [0.05, 0.1) is 7.11 Å². The van der Waals surface area contributed by atoms with E-state index < -0.39 is 23.4 Å². The topological polar surface area (TPSA) is 61.8 Å². The Morgan fingerprint density at radius 2 is 1.65 bits per heavy atom. The molecule has 0 N–H and O–H groups in total. The summed E-state index contributed by atoms with van der Waals surface area (Å²) >= 11 is -1.72. The Hall–Kier alpha value is -0.720. The van der Waals surface area contributed by atoms with Crippen LogP contribution < -0.4 is 0 Å². The van der Waals surface area contributed by atoms with E-state index in [2.05, 4.69) is 11.7 Å². The maximum Gasteiger partial charge on any atom is 0.330 e. The van der Waals surface area contributed by atoms with Crippen molar-refractivity contribution in [3.8, 4) is 0 Å². The lowest BCUT2D eigenvalue weighted by Crippen LogP contribution is -2.20. The Morgan fingerprint density at radius 3 is 2.26 bits per heavy atom. The fourth-order valence-corrected chi connectivity index (χ4v) is 3.42. The number of esters is 1. The van der Waals surface area contributed by atoms with Crippen molar-refractivity contribution in [1.82, 2.24) is 0 Å². The lowest BCUT2D eigenvalue weighted by atomic mass is 10.0. The van der Waals surface area contributed by atoms with Crippen molar-refractivity contribution >= 4 is 17.3 Å². The molecular weight excluding hydrogens is 316 g/mol. The smallest absolute Gasteiger partial charge is 0.330 e. The molecule has 23 heavy (non-hydrogen) atoms. The summed E-state index contributed by atoms with van der Waals surface area (Å²) in [5.74, 6) is -0.451. The van der Waals surface area contributed by atoms with Crippen molar-refractivity contribution in [3.63, 3.8) is 0 Å². The van der Waals surface area contributed by atoms with Crippen LogP contribution in [-0.2, 0) is 29.3 Å². The number of ether oxygens (including phenoxy) is 1. The van der Waals surface area contributed by atoms with E-state index in [9.17, 15) is 9.00 Å². The summed E-state index contributed by atoms with van der Waals surface area (Å²) in [7, 11) is 1.32. The summed E-state index contributed by atoms with van der Waals surface area (Å²) in [4.78, 5) is 11.1. The Bertz CT molecular complexity index is 383. The molecule has 1 rings (SSSR count). The molecule has 0 aliphatic carbocycles. The van der Waals surface area contributed by atoms with Crippen molar-refractivity contribution < 1.29 is 22.1 Å². The van der Waals surface area contributed by atoms with E-state index >= 15 is 0 Å². The van der Waals surface area contributed by atoms with Crippen molar-refractivity contribution in [2.45, 2.75) is 83.3 Å². The molecule has 0 aromatic heterocycles. The Kier molecular flexibility index (Phi) is 11.2. The van der Waals surface area contributed by atoms with Crippen LogP contribution in [0.3, 0.4) is 0 Å². The Balaban J connectivity index is 2.13. The van der Waals surface area contributed by atoms with Crippen LogP contribution in [0, 0.1) is 0 Å². The first-order valence-electron chi connectivity index (χ1n) is 8.69. The van der Waals surface area contributed by atoms with Gasteiger partial charge in [-0.3, -0.25) is 8.37 Å². The molecule has 0 aromatic carbocycles. The molecule has 1 heterocycles. The average Bonchev–Trinajstić information content (AvgIpc) is 2.90. The van der Waals surface area contributed by atoms with Crippen LogP contribution in [0.4, 0.5) is 0 Å². The fourth-order valence-electron chi connectivity index (χ4n) is 2.60. The highest BCUT2D eigenvalue weighted by molar-refractivity contribution is 7.75. The molecule has 0 saturated carbocycles. The number of carbonyl (C=O) groups excluding carboxylic acids is 1. The molecule has 3 atom stereocenters. The van der Waals surface area contributed by atoms with E-state index in [0.717, 1.165) is 19.3 Å². The maximum absolute atomic E-state index is 11.4. The lowest BCUT2D eigenvalue weighted by Gasteiger charge is -2.11. The first-order valence-corrected chi connectivity index (χ1v) is 9.69. The van der Waals surface area contributed by atoms with Crippen molar-refractivity contribution in [2.24, 2.45) is 0 Å². The van der Waals surface area contributed by atoms with Crippen molar-refractivity contribution in [3.05, 3.63) is 12.2 Å². The minimum Gasteiger partial charge on any atom is -0.466 e. The fraction of sp³-hybridized carbons (Fsp3) is 0.824. The van der Waals surface area contributed by atoms with Crippen LogP contribution >= 0.6 is 0 Å². The van der Waals surface area contributed by atoms with Gasteiger partial charge in [0.2, 0.25) is 0 Å². The van der Waals surface area contributed by atoms with E-state index in [1.165, 1.54) is 58.1 Å². The third-order valence-corrected chi connectivity index (χ3v) is 4.76. The predicted octanol–water partition coefficient (Wildman–Crippen LogP) is 4.00. The van der Waals surface area contributed by atoms with E-state index in [1.54, 1.807) is 6.08 Å². The summed E-state index contributed by atoms with van der Waals surface area (Å²) in [6.07, 6.45) is 14.3. The van der Waals surface area contributed by atoms with Gasteiger partial charge in [0.15, 0.2) is 0 Å². The van der Waals surface area contributed by atoms with Gasteiger partial charge in [-0.25, -0.2) is 4.79 Å². The molecule has 1 aliphatic rings. The van der Waals surface area contributed by atoms with E-state index in [4.69, 9.17) is 8.37 Å². The molecule has 0 aromatic rings. The monoisotopic (exact) mass is 346 g/mol. The maximum atomic E-state index is 11.4. The highest BCUT2D eigenvalue weighted by Gasteiger charge is 2.32. The molecule has 134 valence electrons. The molecule has 1 fully saturated rings. The Labute approximate surface area is 142 Å². The standard InChI is InChI=1S/C17H30O5S/c1-3-4-5-6-7-8-9-10-11-12-15-16(22-23(19)21-15)13-14-17(18)20-2/h13-16H,3-12H2,1-2H3/b14-13+/t15-,16-,23?/m0/s1. The molecule has 1 aliphatic heterocycles. The summed E-state index contributed by atoms with van der Waals surface area (Å²) < 4.78 is 26.3. The summed E-state index contributed by atoms with van der Waals surface area (Å²) in [6.45, 7) is 2.23. The third kappa shape index (κ3) is 9.23. The molecule has 1 saturated heterocycles. The number of hydrogen-bond donors (Lipinski definition) is 0. The van der Waals surface area contributed by atoms with Crippen LogP contribution in [0.1, 0.15) is 71.1 Å². The second-order valence-corrected chi connectivity index (χ2v) is 6.69. The molecule has 6 heteroatoms. The van der Waals surface area contributed by atoms with Crippen LogP contribution in [-0.4, -0.2) is 29.5 Å². The van der Waals surface area contributed by atoms with Gasteiger partial charge in [0.25, 0.3) is 0 Å². The largest absolute Gasteiger partial charge is 0.466 e. The Morgan fingerprint density at radius 1 is 1.04 bits per heavy atom. The average molecular weight is 346 g/mol. The van der Waals surface area contributed by atoms with Gasteiger partial charge in [-0.1, -0.05) is 64.7 Å².